The minimum atomic E-state index is 0.0644. The van der Waals surface area contributed by atoms with E-state index in [-0.39, 0.29) is 11.8 Å². The average Bonchev–Trinajstić information content (AvgIpc) is 3.20. The molecule has 1 aliphatic rings. The molecule has 1 aromatic heterocycles. The molecule has 0 bridgehead atoms. The Kier molecular flexibility index (Phi) is 7.19. The first-order valence-electron chi connectivity index (χ1n) is 11.2. The minimum Gasteiger partial charge on any atom is -0.496 e. The maximum absolute atomic E-state index is 12.7. The molecule has 0 aliphatic carbocycles. The number of ether oxygens (including phenoxy) is 1. The molecule has 2 aromatic carbocycles. The van der Waals surface area contributed by atoms with Crippen LogP contribution in [-0.2, 0) is 24.4 Å². The van der Waals surface area contributed by atoms with Gasteiger partial charge in [0.15, 0.2) is 0 Å². The fraction of sp³-hybridized carbons (Fsp3) is 0.346. The third-order valence-electron chi connectivity index (χ3n) is 5.94. The van der Waals surface area contributed by atoms with Crippen molar-refractivity contribution in [3.8, 4) is 5.75 Å². The molecular formula is C26H31N5O2. The van der Waals surface area contributed by atoms with Crippen molar-refractivity contribution < 1.29 is 9.53 Å². The lowest BCUT2D eigenvalue weighted by atomic mass is 10.0. The molecule has 1 amide bonds. The van der Waals surface area contributed by atoms with E-state index in [1.54, 1.807) is 7.11 Å². The second-order valence-electron chi connectivity index (χ2n) is 8.49. The van der Waals surface area contributed by atoms with E-state index in [4.69, 9.17) is 9.72 Å². The predicted molar refractivity (Wildman–Crippen MR) is 129 cm³/mol. The maximum atomic E-state index is 12.7. The van der Waals surface area contributed by atoms with Crippen LogP contribution in [0.15, 0.2) is 60.7 Å². The molecule has 7 nitrogen and oxygen atoms in total. The van der Waals surface area contributed by atoms with E-state index in [9.17, 15) is 4.79 Å². The van der Waals surface area contributed by atoms with E-state index >= 15 is 0 Å². The highest BCUT2D eigenvalue weighted by Crippen LogP contribution is 2.29. The normalized spacial score (nSPS) is 15.8. The highest BCUT2D eigenvalue weighted by molar-refractivity contribution is 5.79. The van der Waals surface area contributed by atoms with Crippen LogP contribution in [0.5, 0.6) is 5.75 Å². The fourth-order valence-electron chi connectivity index (χ4n) is 4.27. The van der Waals surface area contributed by atoms with Gasteiger partial charge < -0.3 is 15.0 Å². The molecule has 1 fully saturated rings. The van der Waals surface area contributed by atoms with Crippen molar-refractivity contribution >= 4 is 11.7 Å². The molecule has 0 spiro atoms. The molecule has 172 valence electrons. The third kappa shape index (κ3) is 5.68. The van der Waals surface area contributed by atoms with Crippen molar-refractivity contribution in [3.05, 3.63) is 83.3 Å². The van der Waals surface area contributed by atoms with Crippen LogP contribution in [0.3, 0.4) is 0 Å². The molecule has 3 aromatic rings. The molecule has 1 atom stereocenters. The van der Waals surface area contributed by atoms with Gasteiger partial charge in [0, 0.05) is 50.7 Å². The number of anilines is 1. The quantitative estimate of drug-likeness (QED) is 0.542. The molecule has 0 radical (unpaired) electrons. The number of carbonyl (C=O) groups excluding carboxylic acids is 1. The van der Waals surface area contributed by atoms with Crippen molar-refractivity contribution in [3.63, 3.8) is 0 Å². The first-order valence-corrected chi connectivity index (χ1v) is 11.2. The Bertz CT molecular complexity index is 1090. The van der Waals surface area contributed by atoms with Crippen LogP contribution in [0.25, 0.3) is 0 Å². The fourth-order valence-corrected chi connectivity index (χ4v) is 4.27. The molecule has 1 unspecified atom stereocenters. The smallest absolute Gasteiger partial charge is 0.223 e. The molecule has 4 rings (SSSR count). The summed E-state index contributed by atoms with van der Waals surface area (Å²) in [5.41, 5.74) is 3.17. The van der Waals surface area contributed by atoms with E-state index in [1.807, 2.05) is 61.5 Å². The SMILES string of the molecule is CNc1cc(C2CC(=O)N(Cc3ccccc3)C2)nc(CN(C)Cc2ccccc2OC)n1. The number of benzene rings is 2. The number of aromatic nitrogens is 2. The van der Waals surface area contributed by atoms with Crippen molar-refractivity contribution in [2.45, 2.75) is 32.0 Å². The molecular weight excluding hydrogens is 414 g/mol. The highest BCUT2D eigenvalue weighted by Gasteiger charge is 2.32. The van der Waals surface area contributed by atoms with Gasteiger partial charge in [-0.15, -0.1) is 0 Å². The van der Waals surface area contributed by atoms with Crippen LogP contribution in [0.1, 0.15) is 35.0 Å². The van der Waals surface area contributed by atoms with Crippen LogP contribution >= 0.6 is 0 Å². The number of methoxy groups -OCH3 is 1. The van der Waals surface area contributed by atoms with Crippen LogP contribution in [0.2, 0.25) is 0 Å². The summed E-state index contributed by atoms with van der Waals surface area (Å²) in [6.45, 7) is 2.62. The number of hydrogen-bond donors (Lipinski definition) is 1. The number of likely N-dealkylation sites (tertiary alicyclic amines) is 1. The zero-order valence-electron chi connectivity index (χ0n) is 19.5. The lowest BCUT2D eigenvalue weighted by Gasteiger charge is -2.19. The van der Waals surface area contributed by atoms with Crippen LogP contribution in [0, 0.1) is 0 Å². The number of nitrogens with one attached hydrogen (secondary N) is 1. The van der Waals surface area contributed by atoms with Gasteiger partial charge in [0.25, 0.3) is 0 Å². The van der Waals surface area contributed by atoms with Crippen molar-refractivity contribution in [1.29, 1.82) is 0 Å². The summed E-state index contributed by atoms with van der Waals surface area (Å²) < 4.78 is 5.48. The summed E-state index contributed by atoms with van der Waals surface area (Å²) in [5.74, 6) is 2.62. The Labute approximate surface area is 195 Å². The molecule has 2 heterocycles. The average molecular weight is 446 g/mol. The minimum absolute atomic E-state index is 0.0644. The summed E-state index contributed by atoms with van der Waals surface area (Å²) in [5, 5.41) is 3.15. The van der Waals surface area contributed by atoms with Gasteiger partial charge in [-0.3, -0.25) is 9.69 Å². The monoisotopic (exact) mass is 445 g/mol. The second kappa shape index (κ2) is 10.4. The number of amides is 1. The van der Waals surface area contributed by atoms with Crippen LogP contribution in [0.4, 0.5) is 5.82 Å². The predicted octanol–water partition coefficient (Wildman–Crippen LogP) is 3.68. The van der Waals surface area contributed by atoms with Gasteiger partial charge in [-0.2, -0.15) is 0 Å². The van der Waals surface area contributed by atoms with E-state index in [0.717, 1.165) is 40.8 Å². The van der Waals surface area contributed by atoms with Crippen molar-refractivity contribution in [2.75, 3.05) is 33.1 Å². The van der Waals surface area contributed by atoms with Gasteiger partial charge in [0.2, 0.25) is 5.91 Å². The number of nitrogens with zero attached hydrogens (tertiary/aromatic N) is 4. The molecule has 1 saturated heterocycles. The number of para-hydroxylation sites is 1. The summed E-state index contributed by atoms with van der Waals surface area (Å²) >= 11 is 0. The molecule has 33 heavy (non-hydrogen) atoms. The molecule has 0 saturated carbocycles. The lowest BCUT2D eigenvalue weighted by molar-refractivity contribution is -0.128. The number of hydrogen-bond acceptors (Lipinski definition) is 6. The van der Waals surface area contributed by atoms with Gasteiger partial charge in [-0.1, -0.05) is 48.5 Å². The largest absolute Gasteiger partial charge is 0.496 e. The van der Waals surface area contributed by atoms with Crippen molar-refractivity contribution in [2.24, 2.45) is 0 Å². The molecule has 1 N–H and O–H groups in total. The number of rotatable bonds is 9. The highest BCUT2D eigenvalue weighted by atomic mass is 16.5. The Morgan fingerprint density at radius 1 is 1.09 bits per heavy atom. The summed E-state index contributed by atoms with van der Waals surface area (Å²) in [4.78, 5) is 26.3. The van der Waals surface area contributed by atoms with Gasteiger partial charge in [0.05, 0.1) is 19.3 Å². The summed E-state index contributed by atoms with van der Waals surface area (Å²) in [6.07, 6.45) is 0.476. The standard InChI is InChI=1S/C26H31N5O2/c1-27-24-14-22(21-13-26(32)31(17-21)15-19-9-5-4-6-10-19)28-25(29-24)18-30(2)16-20-11-7-8-12-23(20)33-3/h4-12,14,21H,13,15-18H2,1-3H3,(H,27,28,29). The Morgan fingerprint density at radius 3 is 2.61 bits per heavy atom. The topological polar surface area (TPSA) is 70.6 Å². The number of carbonyl (C=O) groups is 1. The Balaban J connectivity index is 1.47. The van der Waals surface area contributed by atoms with Gasteiger partial charge in [-0.25, -0.2) is 9.97 Å². The van der Waals surface area contributed by atoms with E-state index in [1.165, 1.54) is 0 Å². The zero-order valence-corrected chi connectivity index (χ0v) is 19.5. The van der Waals surface area contributed by atoms with Crippen molar-refractivity contribution in [1.82, 2.24) is 19.8 Å². The van der Waals surface area contributed by atoms with Gasteiger partial charge in [-0.05, 0) is 18.7 Å². The summed E-state index contributed by atoms with van der Waals surface area (Å²) in [6, 6.07) is 20.1. The lowest BCUT2D eigenvalue weighted by Crippen LogP contribution is -2.24. The van der Waals surface area contributed by atoms with Crippen LogP contribution in [-0.4, -0.2) is 53.4 Å². The third-order valence-corrected chi connectivity index (χ3v) is 5.94. The van der Waals surface area contributed by atoms with E-state index < -0.39 is 0 Å². The summed E-state index contributed by atoms with van der Waals surface area (Å²) in [7, 11) is 5.59. The van der Waals surface area contributed by atoms with E-state index in [2.05, 4.69) is 33.4 Å². The second-order valence-corrected chi connectivity index (χ2v) is 8.49. The molecule has 1 aliphatic heterocycles. The first kappa shape index (κ1) is 22.7. The molecule has 7 heteroatoms. The van der Waals surface area contributed by atoms with Gasteiger partial charge in [0.1, 0.15) is 17.4 Å². The Hall–Kier alpha value is -3.45. The van der Waals surface area contributed by atoms with E-state index in [0.29, 0.717) is 26.1 Å². The van der Waals surface area contributed by atoms with Crippen LogP contribution < -0.4 is 10.1 Å². The van der Waals surface area contributed by atoms with Gasteiger partial charge >= 0.3 is 0 Å². The first-order chi connectivity index (χ1) is 16.1. The maximum Gasteiger partial charge on any atom is 0.223 e. The zero-order chi connectivity index (χ0) is 23.2. The Morgan fingerprint density at radius 2 is 1.85 bits per heavy atom.